The number of hydrogen-bond acceptors (Lipinski definition) is 1. The molecule has 0 aliphatic heterocycles. The van der Waals surface area contributed by atoms with E-state index in [0.29, 0.717) is 5.92 Å². The first kappa shape index (κ1) is 9.58. The van der Waals surface area contributed by atoms with Gasteiger partial charge in [-0.2, -0.15) is 0 Å². The molecule has 1 aromatic carbocycles. The van der Waals surface area contributed by atoms with E-state index in [1.54, 1.807) is 6.07 Å². The fourth-order valence-electron chi connectivity index (χ4n) is 2.24. The van der Waals surface area contributed by atoms with Crippen molar-refractivity contribution in [3.8, 4) is 0 Å². The van der Waals surface area contributed by atoms with Gasteiger partial charge in [0.25, 0.3) is 0 Å². The van der Waals surface area contributed by atoms with Crippen LogP contribution in [0.25, 0.3) is 11.0 Å². The van der Waals surface area contributed by atoms with Crippen molar-refractivity contribution in [1.29, 1.82) is 0 Å². The van der Waals surface area contributed by atoms with Crippen LogP contribution in [0.1, 0.15) is 31.0 Å². The number of H-pyrrole nitrogens is 1. The smallest absolute Gasteiger partial charge is 0.125 e. The van der Waals surface area contributed by atoms with Crippen LogP contribution in [0.2, 0.25) is 0 Å². The third-order valence-corrected chi connectivity index (χ3v) is 3.12. The van der Waals surface area contributed by atoms with E-state index >= 15 is 0 Å². The summed E-state index contributed by atoms with van der Waals surface area (Å²) < 4.78 is 13.0. The van der Waals surface area contributed by atoms with E-state index in [1.165, 1.54) is 12.1 Å². The maximum Gasteiger partial charge on any atom is 0.125 e. The highest BCUT2D eigenvalue weighted by Crippen LogP contribution is 2.28. The van der Waals surface area contributed by atoms with Gasteiger partial charge in [-0.05, 0) is 37.5 Å². The molecule has 1 aliphatic carbocycles. The summed E-state index contributed by atoms with van der Waals surface area (Å²) in [5.74, 6) is 1.23. The zero-order chi connectivity index (χ0) is 11.0. The van der Waals surface area contributed by atoms with Crippen LogP contribution >= 0.6 is 0 Å². The largest absolute Gasteiger partial charge is 0.342 e. The number of halogens is 1. The summed E-state index contributed by atoms with van der Waals surface area (Å²) in [7, 11) is 0. The highest BCUT2D eigenvalue weighted by Gasteiger charge is 2.16. The fourth-order valence-corrected chi connectivity index (χ4v) is 2.24. The molecule has 0 radical (unpaired) electrons. The summed E-state index contributed by atoms with van der Waals surface area (Å²) >= 11 is 0. The van der Waals surface area contributed by atoms with Gasteiger partial charge in [-0.1, -0.05) is 12.2 Å². The number of nitrogens with zero attached hydrogens (tertiary/aromatic N) is 1. The Morgan fingerprint density at radius 2 is 2.25 bits per heavy atom. The number of aromatic nitrogens is 2. The van der Waals surface area contributed by atoms with E-state index in [0.717, 1.165) is 36.1 Å². The third kappa shape index (κ3) is 1.62. The average Bonchev–Trinajstić information content (AvgIpc) is 2.73. The van der Waals surface area contributed by atoms with Crippen molar-refractivity contribution in [3.05, 3.63) is 42.0 Å². The van der Waals surface area contributed by atoms with Crippen LogP contribution in [0.3, 0.4) is 0 Å². The van der Waals surface area contributed by atoms with Crippen LogP contribution < -0.4 is 0 Å². The summed E-state index contributed by atoms with van der Waals surface area (Å²) in [5, 5.41) is 0. The lowest BCUT2D eigenvalue weighted by atomic mass is 9.94. The van der Waals surface area contributed by atoms with Crippen LogP contribution in [-0.2, 0) is 0 Å². The zero-order valence-electron chi connectivity index (χ0n) is 8.91. The SMILES string of the molecule is Fc1ccc2nc(C3CC=CCC3)[nH]c2c1. The molecule has 1 aliphatic rings. The highest BCUT2D eigenvalue weighted by molar-refractivity contribution is 5.75. The minimum absolute atomic E-state index is 0.216. The number of hydrogen-bond donors (Lipinski definition) is 1. The second kappa shape index (κ2) is 3.74. The molecule has 82 valence electrons. The first-order chi connectivity index (χ1) is 7.83. The molecule has 3 rings (SSSR count). The molecule has 1 aromatic heterocycles. The van der Waals surface area contributed by atoms with Crippen molar-refractivity contribution < 1.29 is 4.39 Å². The Balaban J connectivity index is 2.01. The maximum atomic E-state index is 13.0. The number of allylic oxidation sites excluding steroid dienone is 2. The van der Waals surface area contributed by atoms with Crippen LogP contribution in [-0.4, -0.2) is 9.97 Å². The van der Waals surface area contributed by atoms with Crippen LogP contribution in [0, 0.1) is 5.82 Å². The zero-order valence-corrected chi connectivity index (χ0v) is 8.91. The number of rotatable bonds is 1. The predicted molar refractivity (Wildman–Crippen MR) is 61.8 cm³/mol. The van der Waals surface area contributed by atoms with Gasteiger partial charge in [0.05, 0.1) is 11.0 Å². The normalized spacial score (nSPS) is 20.4. The van der Waals surface area contributed by atoms with Gasteiger partial charge < -0.3 is 4.98 Å². The van der Waals surface area contributed by atoms with Crippen LogP contribution in [0.5, 0.6) is 0 Å². The van der Waals surface area contributed by atoms with E-state index in [-0.39, 0.29) is 5.82 Å². The lowest BCUT2D eigenvalue weighted by Gasteiger charge is -2.14. The van der Waals surface area contributed by atoms with Crippen LogP contribution in [0.4, 0.5) is 4.39 Å². The highest BCUT2D eigenvalue weighted by atomic mass is 19.1. The molecule has 2 nitrogen and oxygen atoms in total. The van der Waals surface area contributed by atoms with E-state index in [2.05, 4.69) is 22.1 Å². The summed E-state index contributed by atoms with van der Waals surface area (Å²) in [6.07, 6.45) is 7.66. The van der Waals surface area contributed by atoms with Crippen molar-refractivity contribution in [2.24, 2.45) is 0 Å². The van der Waals surface area contributed by atoms with E-state index < -0.39 is 0 Å². The van der Waals surface area contributed by atoms with Crippen molar-refractivity contribution >= 4 is 11.0 Å². The molecule has 0 fully saturated rings. The lowest BCUT2D eigenvalue weighted by Crippen LogP contribution is -2.02. The van der Waals surface area contributed by atoms with Crippen molar-refractivity contribution in [1.82, 2.24) is 9.97 Å². The average molecular weight is 216 g/mol. The molecule has 1 unspecified atom stereocenters. The van der Waals surface area contributed by atoms with Gasteiger partial charge in [-0.25, -0.2) is 9.37 Å². The minimum atomic E-state index is -0.216. The summed E-state index contributed by atoms with van der Waals surface area (Å²) in [4.78, 5) is 7.74. The molecule has 16 heavy (non-hydrogen) atoms. The van der Waals surface area contributed by atoms with Gasteiger partial charge in [0.15, 0.2) is 0 Å². The van der Waals surface area contributed by atoms with Crippen LogP contribution in [0.15, 0.2) is 30.4 Å². The lowest BCUT2D eigenvalue weighted by molar-refractivity contribution is 0.590. The quantitative estimate of drug-likeness (QED) is 0.726. The van der Waals surface area contributed by atoms with E-state index in [9.17, 15) is 4.39 Å². The van der Waals surface area contributed by atoms with Gasteiger partial charge in [0, 0.05) is 5.92 Å². The Morgan fingerprint density at radius 1 is 1.31 bits per heavy atom. The molecule has 1 atom stereocenters. The Hall–Kier alpha value is -1.64. The molecule has 0 amide bonds. The maximum absolute atomic E-state index is 13.0. The third-order valence-electron chi connectivity index (χ3n) is 3.12. The molecule has 1 N–H and O–H groups in total. The number of nitrogens with one attached hydrogen (secondary N) is 1. The van der Waals surface area contributed by atoms with Gasteiger partial charge >= 0.3 is 0 Å². The first-order valence-corrected chi connectivity index (χ1v) is 5.63. The predicted octanol–water partition coefficient (Wildman–Crippen LogP) is 3.53. The molecule has 0 spiro atoms. The second-order valence-electron chi connectivity index (χ2n) is 4.26. The summed E-state index contributed by atoms with van der Waals surface area (Å²) in [5.41, 5.74) is 1.65. The topological polar surface area (TPSA) is 28.7 Å². The molecule has 0 saturated heterocycles. The summed E-state index contributed by atoms with van der Waals surface area (Å²) in [6, 6.07) is 4.68. The minimum Gasteiger partial charge on any atom is -0.342 e. The van der Waals surface area contributed by atoms with Gasteiger partial charge in [-0.15, -0.1) is 0 Å². The second-order valence-corrected chi connectivity index (χ2v) is 4.26. The molecule has 3 heteroatoms. The fraction of sp³-hybridized carbons (Fsp3) is 0.308. The molecule has 0 saturated carbocycles. The molecule has 2 aromatic rings. The number of fused-ring (bicyclic) bond motifs is 1. The Labute approximate surface area is 93.2 Å². The molecular weight excluding hydrogens is 203 g/mol. The molecule has 1 heterocycles. The molecule has 0 bridgehead atoms. The monoisotopic (exact) mass is 216 g/mol. The van der Waals surface area contributed by atoms with E-state index in [1.807, 2.05) is 0 Å². The number of imidazole rings is 1. The van der Waals surface area contributed by atoms with Crippen molar-refractivity contribution in [3.63, 3.8) is 0 Å². The Morgan fingerprint density at radius 3 is 3.06 bits per heavy atom. The van der Waals surface area contributed by atoms with E-state index in [4.69, 9.17) is 0 Å². The van der Waals surface area contributed by atoms with Crippen molar-refractivity contribution in [2.45, 2.75) is 25.2 Å². The van der Waals surface area contributed by atoms with Gasteiger partial charge in [0.2, 0.25) is 0 Å². The van der Waals surface area contributed by atoms with Crippen molar-refractivity contribution in [2.75, 3.05) is 0 Å². The van der Waals surface area contributed by atoms with Gasteiger partial charge in [0.1, 0.15) is 11.6 Å². The summed E-state index contributed by atoms with van der Waals surface area (Å²) in [6.45, 7) is 0. The van der Waals surface area contributed by atoms with Gasteiger partial charge in [-0.3, -0.25) is 0 Å². The number of benzene rings is 1. The Bertz CT molecular complexity index is 542. The Kier molecular flexibility index (Phi) is 2.24. The molecular formula is C13H13FN2. The number of aromatic amines is 1. The first-order valence-electron chi connectivity index (χ1n) is 5.63. The standard InChI is InChI=1S/C13H13FN2/c14-10-6-7-11-12(8-10)16-13(15-11)9-4-2-1-3-5-9/h1-2,6-9H,3-5H2,(H,15,16).